The fourth-order valence-electron chi connectivity index (χ4n) is 1.78. The van der Waals surface area contributed by atoms with Crippen LogP contribution in [0.4, 0.5) is 5.69 Å². The van der Waals surface area contributed by atoms with Gasteiger partial charge in [-0.25, -0.2) is 0 Å². The molecule has 0 aliphatic rings. The first-order valence-corrected chi connectivity index (χ1v) is 6.69. The zero-order valence-electron chi connectivity index (χ0n) is 11.7. The van der Waals surface area contributed by atoms with Gasteiger partial charge in [0.05, 0.1) is 12.3 Å². The smallest absolute Gasteiger partial charge is 0.248 e. The van der Waals surface area contributed by atoms with E-state index in [4.69, 9.17) is 4.74 Å². The Morgan fingerprint density at radius 2 is 1.90 bits per heavy atom. The molecule has 2 N–H and O–H groups in total. The summed E-state index contributed by atoms with van der Waals surface area (Å²) in [4.78, 5) is 11.9. The topological polar surface area (TPSA) is 58.6 Å². The monoisotopic (exact) mass is 283 g/mol. The van der Waals surface area contributed by atoms with Crippen molar-refractivity contribution in [3.8, 4) is 11.5 Å². The van der Waals surface area contributed by atoms with Crippen molar-refractivity contribution in [2.24, 2.45) is 0 Å². The van der Waals surface area contributed by atoms with E-state index in [0.29, 0.717) is 18.0 Å². The summed E-state index contributed by atoms with van der Waals surface area (Å²) in [6, 6.07) is 13.9. The second-order valence-corrected chi connectivity index (χ2v) is 4.34. The van der Waals surface area contributed by atoms with E-state index in [0.717, 1.165) is 5.56 Å². The molecular formula is C17H17NO3. The van der Waals surface area contributed by atoms with E-state index in [1.165, 1.54) is 6.08 Å². The van der Waals surface area contributed by atoms with Crippen LogP contribution in [0.5, 0.6) is 11.5 Å². The summed E-state index contributed by atoms with van der Waals surface area (Å²) in [7, 11) is 0. The standard InChI is InChI=1S/C17H17NO3/c1-2-21-16-6-4-3-5-15(16)18-17(20)12-9-13-7-10-14(19)11-8-13/h3-12,19H,2H2,1H3,(H,18,20)/b12-9+. The molecule has 4 heteroatoms. The summed E-state index contributed by atoms with van der Waals surface area (Å²) in [5.41, 5.74) is 1.47. The number of anilines is 1. The summed E-state index contributed by atoms with van der Waals surface area (Å²) >= 11 is 0. The molecule has 0 unspecified atom stereocenters. The molecule has 0 fully saturated rings. The summed E-state index contributed by atoms with van der Waals surface area (Å²) in [5, 5.41) is 12.0. The van der Waals surface area contributed by atoms with Crippen LogP contribution in [0.25, 0.3) is 6.08 Å². The van der Waals surface area contributed by atoms with Crippen molar-refractivity contribution in [3.63, 3.8) is 0 Å². The minimum atomic E-state index is -0.241. The molecule has 0 spiro atoms. The molecule has 0 radical (unpaired) electrons. The Kier molecular flexibility index (Phi) is 4.99. The lowest BCUT2D eigenvalue weighted by atomic mass is 10.2. The summed E-state index contributed by atoms with van der Waals surface area (Å²) in [5.74, 6) is 0.601. The molecule has 108 valence electrons. The lowest BCUT2D eigenvalue weighted by Gasteiger charge is -2.09. The van der Waals surface area contributed by atoms with Crippen LogP contribution in [0.1, 0.15) is 12.5 Å². The zero-order valence-corrected chi connectivity index (χ0v) is 11.7. The van der Waals surface area contributed by atoms with Crippen molar-refractivity contribution in [1.82, 2.24) is 0 Å². The van der Waals surface area contributed by atoms with Crippen LogP contribution in [-0.2, 0) is 4.79 Å². The average Bonchev–Trinajstić information content (AvgIpc) is 2.49. The molecule has 0 aromatic heterocycles. The number of nitrogens with one attached hydrogen (secondary N) is 1. The number of carbonyl (C=O) groups is 1. The Morgan fingerprint density at radius 3 is 2.62 bits per heavy atom. The van der Waals surface area contributed by atoms with Crippen molar-refractivity contribution in [1.29, 1.82) is 0 Å². The number of rotatable bonds is 5. The van der Waals surface area contributed by atoms with Gasteiger partial charge in [-0.05, 0) is 42.8 Å². The molecule has 0 atom stereocenters. The highest BCUT2D eigenvalue weighted by molar-refractivity contribution is 6.02. The Labute approximate surface area is 123 Å². The lowest BCUT2D eigenvalue weighted by Crippen LogP contribution is -2.09. The minimum Gasteiger partial charge on any atom is -0.508 e. The Balaban J connectivity index is 2.03. The van der Waals surface area contributed by atoms with Crippen LogP contribution in [0.15, 0.2) is 54.6 Å². The number of aromatic hydroxyl groups is 1. The molecule has 0 saturated carbocycles. The van der Waals surface area contributed by atoms with Gasteiger partial charge >= 0.3 is 0 Å². The van der Waals surface area contributed by atoms with Crippen LogP contribution >= 0.6 is 0 Å². The van der Waals surface area contributed by atoms with Gasteiger partial charge in [0.1, 0.15) is 11.5 Å². The predicted octanol–water partition coefficient (Wildman–Crippen LogP) is 3.44. The highest BCUT2D eigenvalue weighted by atomic mass is 16.5. The number of amides is 1. The molecule has 0 aliphatic heterocycles. The van der Waals surface area contributed by atoms with Crippen LogP contribution in [0.2, 0.25) is 0 Å². The van der Waals surface area contributed by atoms with Crippen LogP contribution < -0.4 is 10.1 Å². The van der Waals surface area contributed by atoms with Crippen LogP contribution in [-0.4, -0.2) is 17.6 Å². The maximum atomic E-state index is 11.9. The van der Waals surface area contributed by atoms with Crippen molar-refractivity contribution >= 4 is 17.7 Å². The highest BCUT2D eigenvalue weighted by Crippen LogP contribution is 2.23. The summed E-state index contributed by atoms with van der Waals surface area (Å²) in [6.45, 7) is 2.43. The van der Waals surface area contributed by atoms with Gasteiger partial charge in [-0.1, -0.05) is 24.3 Å². The van der Waals surface area contributed by atoms with Gasteiger partial charge in [0.15, 0.2) is 0 Å². The predicted molar refractivity (Wildman–Crippen MR) is 83.4 cm³/mol. The fraction of sp³-hybridized carbons (Fsp3) is 0.118. The normalized spacial score (nSPS) is 10.5. The quantitative estimate of drug-likeness (QED) is 0.826. The van der Waals surface area contributed by atoms with Gasteiger partial charge in [-0.2, -0.15) is 0 Å². The van der Waals surface area contributed by atoms with Crippen molar-refractivity contribution < 1.29 is 14.6 Å². The second kappa shape index (κ2) is 7.14. The van der Waals surface area contributed by atoms with Crippen molar-refractivity contribution in [3.05, 3.63) is 60.2 Å². The largest absolute Gasteiger partial charge is 0.508 e. The van der Waals surface area contributed by atoms with E-state index >= 15 is 0 Å². The van der Waals surface area contributed by atoms with E-state index in [1.807, 2.05) is 25.1 Å². The third-order valence-corrected chi connectivity index (χ3v) is 2.77. The first kappa shape index (κ1) is 14.7. The number of phenolic OH excluding ortho intramolecular Hbond substituents is 1. The first-order chi connectivity index (χ1) is 10.2. The number of benzene rings is 2. The van der Waals surface area contributed by atoms with E-state index in [-0.39, 0.29) is 11.7 Å². The Morgan fingerprint density at radius 1 is 1.19 bits per heavy atom. The van der Waals surface area contributed by atoms with Gasteiger partial charge in [-0.3, -0.25) is 4.79 Å². The molecule has 0 bridgehead atoms. The van der Waals surface area contributed by atoms with Crippen molar-refractivity contribution in [2.45, 2.75) is 6.92 Å². The molecule has 2 aromatic rings. The Bertz CT molecular complexity index is 633. The van der Waals surface area contributed by atoms with Gasteiger partial charge in [0.2, 0.25) is 5.91 Å². The van der Waals surface area contributed by atoms with Crippen molar-refractivity contribution in [2.75, 3.05) is 11.9 Å². The molecule has 4 nitrogen and oxygen atoms in total. The molecular weight excluding hydrogens is 266 g/mol. The Hall–Kier alpha value is -2.75. The number of ether oxygens (including phenoxy) is 1. The maximum absolute atomic E-state index is 11.9. The molecule has 0 aliphatic carbocycles. The van der Waals surface area contributed by atoms with E-state index in [9.17, 15) is 9.90 Å². The van der Waals surface area contributed by atoms with E-state index in [2.05, 4.69) is 5.32 Å². The number of hydrogen-bond acceptors (Lipinski definition) is 3. The lowest BCUT2D eigenvalue weighted by molar-refractivity contribution is -0.111. The third kappa shape index (κ3) is 4.38. The molecule has 21 heavy (non-hydrogen) atoms. The number of para-hydroxylation sites is 2. The van der Waals surface area contributed by atoms with Gasteiger partial charge in [-0.15, -0.1) is 0 Å². The summed E-state index contributed by atoms with van der Waals surface area (Å²) < 4.78 is 5.45. The summed E-state index contributed by atoms with van der Waals surface area (Å²) in [6.07, 6.45) is 3.12. The van der Waals surface area contributed by atoms with Crippen LogP contribution in [0.3, 0.4) is 0 Å². The molecule has 0 heterocycles. The number of phenols is 1. The zero-order chi connectivity index (χ0) is 15.1. The van der Waals surface area contributed by atoms with Gasteiger partial charge < -0.3 is 15.2 Å². The minimum absolute atomic E-state index is 0.197. The number of hydrogen-bond donors (Lipinski definition) is 2. The van der Waals surface area contributed by atoms with E-state index in [1.54, 1.807) is 36.4 Å². The van der Waals surface area contributed by atoms with Crippen LogP contribution in [0, 0.1) is 0 Å². The molecule has 0 saturated heterocycles. The second-order valence-electron chi connectivity index (χ2n) is 4.34. The first-order valence-electron chi connectivity index (χ1n) is 6.69. The maximum Gasteiger partial charge on any atom is 0.248 e. The van der Waals surface area contributed by atoms with Gasteiger partial charge in [0.25, 0.3) is 0 Å². The van der Waals surface area contributed by atoms with E-state index < -0.39 is 0 Å². The molecule has 2 aromatic carbocycles. The SMILES string of the molecule is CCOc1ccccc1NC(=O)/C=C/c1ccc(O)cc1. The average molecular weight is 283 g/mol. The third-order valence-electron chi connectivity index (χ3n) is 2.77. The highest BCUT2D eigenvalue weighted by Gasteiger charge is 2.04. The number of carbonyl (C=O) groups excluding carboxylic acids is 1. The molecule has 2 rings (SSSR count). The fourth-order valence-corrected chi connectivity index (χ4v) is 1.78. The van der Waals surface area contributed by atoms with Gasteiger partial charge in [0, 0.05) is 6.08 Å². The molecule has 1 amide bonds.